The zero-order valence-corrected chi connectivity index (χ0v) is 10.3. The van der Waals surface area contributed by atoms with Gasteiger partial charge in [-0.15, -0.1) is 0 Å². The predicted octanol–water partition coefficient (Wildman–Crippen LogP) is 0.217. The average molecular weight is 258 g/mol. The van der Waals surface area contributed by atoms with Crippen molar-refractivity contribution in [3.8, 4) is 0 Å². The summed E-state index contributed by atoms with van der Waals surface area (Å²) in [5.74, 6) is -1.28. The summed E-state index contributed by atoms with van der Waals surface area (Å²) in [4.78, 5) is 10.6. The Balaban J connectivity index is 3.90. The minimum atomic E-state index is -5.21. The van der Waals surface area contributed by atoms with Crippen molar-refractivity contribution in [3.05, 3.63) is 0 Å². The molecular weight excluding hydrogens is 240 g/mol. The van der Waals surface area contributed by atoms with Crippen LogP contribution in [0.5, 0.6) is 0 Å². The first-order valence-electron chi connectivity index (χ1n) is 4.94. The number of carbonyl (C=O) groups is 1. The van der Waals surface area contributed by atoms with Gasteiger partial charge in [-0.1, -0.05) is 0 Å². The molecule has 4 N–H and O–H groups in total. The molecule has 0 aliphatic rings. The van der Waals surface area contributed by atoms with Crippen LogP contribution in [-0.4, -0.2) is 28.2 Å². The van der Waals surface area contributed by atoms with Crippen molar-refractivity contribution in [2.24, 2.45) is 0 Å². The van der Waals surface area contributed by atoms with Crippen molar-refractivity contribution in [1.29, 1.82) is 0 Å². The second-order valence-electron chi connectivity index (χ2n) is 3.37. The Morgan fingerprint density at radius 3 is 2.27 bits per heavy atom. The van der Waals surface area contributed by atoms with Crippen molar-refractivity contribution < 1.29 is 42.4 Å². The van der Waals surface area contributed by atoms with Crippen molar-refractivity contribution in [3.63, 3.8) is 0 Å². The van der Waals surface area contributed by atoms with Gasteiger partial charge in [0, 0.05) is 0 Å². The third-order valence-electron chi connectivity index (χ3n) is 1.90. The van der Waals surface area contributed by atoms with Gasteiger partial charge < -0.3 is 0 Å². The zero-order valence-electron chi connectivity index (χ0n) is 8.72. The van der Waals surface area contributed by atoms with Gasteiger partial charge in [-0.05, 0) is 0 Å². The maximum atomic E-state index is 10.6. The Morgan fingerprint density at radius 2 is 1.87 bits per heavy atom. The third kappa shape index (κ3) is 8.98. The van der Waals surface area contributed by atoms with Crippen LogP contribution >= 0.6 is 0 Å². The van der Waals surface area contributed by atoms with Crippen LogP contribution in [0.1, 0.15) is 39.0 Å². The van der Waals surface area contributed by atoms with Crippen LogP contribution < -0.4 is 0 Å². The summed E-state index contributed by atoms with van der Waals surface area (Å²) >= 11 is -5.21. The molecule has 0 aliphatic carbocycles. The number of aliphatic carboxylic acids is 1. The van der Waals surface area contributed by atoms with E-state index in [1.807, 2.05) is 6.92 Å². The van der Waals surface area contributed by atoms with Gasteiger partial charge in [-0.3, -0.25) is 0 Å². The second-order valence-corrected chi connectivity index (χ2v) is 5.53. The standard InChI is InChI=1S/C8H15O3.3H2O.Ti/c1-2-3-4-5-6-7(9)8(10)11;;;;/h7H,2-6H2,1H3,(H,10,11);3*1H2;/q-1;;;;+4/p-3. The van der Waals surface area contributed by atoms with Crippen LogP contribution in [-0.2, 0) is 26.3 Å². The molecule has 0 fully saturated rings. The second kappa shape index (κ2) is 7.32. The van der Waals surface area contributed by atoms with Crippen LogP contribution in [0.2, 0.25) is 0 Å². The summed E-state index contributed by atoms with van der Waals surface area (Å²) in [7, 11) is 0. The fourth-order valence-corrected chi connectivity index (χ4v) is 2.12. The van der Waals surface area contributed by atoms with Gasteiger partial charge in [0.25, 0.3) is 0 Å². The first-order chi connectivity index (χ1) is 6.87. The SMILES string of the molecule is CCCCCCC([O][Ti]([OH])([OH])[OH])C(=O)O. The molecule has 6 nitrogen and oxygen atoms in total. The van der Waals surface area contributed by atoms with E-state index in [1.165, 1.54) is 0 Å². The molecule has 0 aromatic heterocycles. The van der Waals surface area contributed by atoms with E-state index in [0.29, 0.717) is 6.42 Å². The van der Waals surface area contributed by atoms with E-state index in [1.54, 1.807) is 0 Å². The van der Waals surface area contributed by atoms with Gasteiger partial charge in [0.1, 0.15) is 0 Å². The Hall–Kier alpha value is 0.0243. The van der Waals surface area contributed by atoms with Gasteiger partial charge in [-0.25, -0.2) is 0 Å². The van der Waals surface area contributed by atoms with Gasteiger partial charge >= 0.3 is 93.5 Å². The molecule has 1 unspecified atom stereocenters. The van der Waals surface area contributed by atoms with Crippen molar-refractivity contribution in [2.75, 3.05) is 0 Å². The molecule has 0 amide bonds. The Morgan fingerprint density at radius 1 is 1.27 bits per heavy atom. The number of carboxylic acids is 1. The van der Waals surface area contributed by atoms with E-state index in [0.717, 1.165) is 19.3 Å². The first kappa shape index (κ1) is 15.0. The summed E-state index contributed by atoms with van der Waals surface area (Å²) in [5, 5.41) is 8.66. The van der Waals surface area contributed by atoms with Gasteiger partial charge in [0.15, 0.2) is 0 Å². The van der Waals surface area contributed by atoms with Crippen LogP contribution in [0.4, 0.5) is 0 Å². The monoisotopic (exact) mass is 258 g/mol. The summed E-state index contributed by atoms with van der Waals surface area (Å²) < 4.78 is 30.3. The zero-order chi connectivity index (χ0) is 11.9. The molecule has 7 heteroatoms. The Kier molecular flexibility index (Phi) is 7.33. The van der Waals surface area contributed by atoms with Gasteiger partial charge in [0.2, 0.25) is 0 Å². The molecule has 1 atom stereocenters. The molecule has 0 aromatic carbocycles. The van der Waals surface area contributed by atoms with Crippen LogP contribution in [0, 0.1) is 0 Å². The number of unbranched alkanes of at least 4 members (excludes halogenated alkanes) is 3. The van der Waals surface area contributed by atoms with Crippen LogP contribution in [0.15, 0.2) is 0 Å². The third-order valence-corrected chi connectivity index (χ3v) is 2.83. The van der Waals surface area contributed by atoms with Crippen molar-refractivity contribution in [2.45, 2.75) is 45.1 Å². The van der Waals surface area contributed by atoms with Crippen LogP contribution in [0.25, 0.3) is 0 Å². The summed E-state index contributed by atoms with van der Waals surface area (Å²) in [6.45, 7) is 2.03. The first-order valence-corrected chi connectivity index (χ1v) is 7.67. The number of hydrogen-bond donors (Lipinski definition) is 4. The van der Waals surface area contributed by atoms with Gasteiger partial charge in [0.05, 0.1) is 0 Å². The summed E-state index contributed by atoms with van der Waals surface area (Å²) in [5.41, 5.74) is 0. The molecule has 0 radical (unpaired) electrons. The average Bonchev–Trinajstić information content (AvgIpc) is 2.08. The van der Waals surface area contributed by atoms with Gasteiger partial charge in [-0.2, -0.15) is 0 Å². The topological polar surface area (TPSA) is 107 Å². The van der Waals surface area contributed by atoms with Crippen molar-refractivity contribution >= 4 is 5.97 Å². The maximum absolute atomic E-state index is 10.6. The number of carboxylic acid groups (broad SMARTS) is 1. The molecule has 90 valence electrons. The molecule has 0 heterocycles. The molecule has 0 rings (SSSR count). The molecule has 0 saturated carbocycles. The number of hydrogen-bond acceptors (Lipinski definition) is 5. The van der Waals surface area contributed by atoms with Crippen molar-refractivity contribution in [1.82, 2.24) is 0 Å². The minimum absolute atomic E-state index is 0.185. The number of rotatable bonds is 8. The molecular formula is C8H18O6Ti. The fourth-order valence-electron chi connectivity index (χ4n) is 1.18. The molecule has 0 aromatic rings. The molecule has 0 aliphatic heterocycles. The van der Waals surface area contributed by atoms with E-state index in [9.17, 15) is 4.79 Å². The molecule has 0 saturated heterocycles. The van der Waals surface area contributed by atoms with E-state index in [-0.39, 0.29) is 6.42 Å². The molecule has 0 bridgehead atoms. The van der Waals surface area contributed by atoms with E-state index in [2.05, 4.69) is 3.32 Å². The quantitative estimate of drug-likeness (QED) is 0.366. The Bertz CT molecular complexity index is 190. The van der Waals surface area contributed by atoms with E-state index >= 15 is 0 Å². The summed E-state index contributed by atoms with van der Waals surface area (Å²) in [6, 6.07) is 0. The predicted molar refractivity (Wildman–Crippen MR) is 47.9 cm³/mol. The molecule has 15 heavy (non-hydrogen) atoms. The van der Waals surface area contributed by atoms with E-state index < -0.39 is 30.2 Å². The fraction of sp³-hybridized carbons (Fsp3) is 0.875. The van der Waals surface area contributed by atoms with Crippen LogP contribution in [0.3, 0.4) is 0 Å². The normalized spacial score (nSPS) is 13.9. The molecule has 0 spiro atoms. The Labute approximate surface area is 93.8 Å². The summed E-state index contributed by atoms with van der Waals surface area (Å²) in [6.07, 6.45) is 2.39. The van der Waals surface area contributed by atoms with E-state index in [4.69, 9.17) is 16.2 Å².